The van der Waals surface area contributed by atoms with E-state index in [4.69, 9.17) is 11.6 Å². The van der Waals surface area contributed by atoms with Gasteiger partial charge in [-0.2, -0.15) is 0 Å². The molecule has 1 aromatic rings. The molecule has 19 heavy (non-hydrogen) atoms. The molecule has 1 aromatic carbocycles. The van der Waals surface area contributed by atoms with Crippen molar-refractivity contribution in [3.8, 4) is 0 Å². The van der Waals surface area contributed by atoms with Gasteiger partial charge >= 0.3 is 0 Å². The van der Waals surface area contributed by atoms with Crippen LogP contribution < -0.4 is 5.32 Å². The van der Waals surface area contributed by atoms with E-state index in [2.05, 4.69) is 28.2 Å². The molecular weight excluding hydrogens is 326 g/mol. The minimum Gasteiger partial charge on any atom is -0.393 e. The largest absolute Gasteiger partial charge is 0.393 e. The molecule has 0 saturated heterocycles. The van der Waals surface area contributed by atoms with Gasteiger partial charge in [-0.05, 0) is 43.4 Å². The van der Waals surface area contributed by atoms with Gasteiger partial charge in [-0.25, -0.2) is 0 Å². The number of rotatable bonds is 4. The molecule has 0 heterocycles. The second-order valence-corrected chi connectivity index (χ2v) is 6.73. The topological polar surface area (TPSA) is 32.3 Å². The van der Waals surface area contributed by atoms with Gasteiger partial charge in [-0.3, -0.25) is 0 Å². The Bertz CT molecular complexity index is 427. The molecule has 2 rings (SSSR count). The zero-order valence-corrected chi connectivity index (χ0v) is 13.5. The number of hydrogen-bond donors (Lipinski definition) is 2. The van der Waals surface area contributed by atoms with Crippen LogP contribution in [0.3, 0.4) is 0 Å². The van der Waals surface area contributed by atoms with E-state index in [0.29, 0.717) is 5.92 Å². The Balaban J connectivity index is 1.91. The summed E-state index contributed by atoms with van der Waals surface area (Å²) in [5.41, 5.74) is 1.11. The fraction of sp³-hybridized carbons (Fsp3) is 0.600. The summed E-state index contributed by atoms with van der Waals surface area (Å²) in [5, 5.41) is 14.2. The monoisotopic (exact) mass is 345 g/mol. The Morgan fingerprint density at radius 3 is 2.84 bits per heavy atom. The fourth-order valence-corrected chi connectivity index (χ4v) is 3.55. The summed E-state index contributed by atoms with van der Waals surface area (Å²) >= 11 is 9.67. The molecule has 0 spiro atoms. The molecule has 106 valence electrons. The van der Waals surface area contributed by atoms with Gasteiger partial charge in [0.1, 0.15) is 0 Å². The average Bonchev–Trinajstić information content (AvgIpc) is 2.37. The lowest BCUT2D eigenvalue weighted by Crippen LogP contribution is -2.35. The van der Waals surface area contributed by atoms with Crippen LogP contribution in [0, 0.1) is 5.92 Å². The van der Waals surface area contributed by atoms with Crippen LogP contribution in [0.2, 0.25) is 5.02 Å². The third kappa shape index (κ3) is 4.19. The maximum Gasteiger partial charge on any atom is 0.0580 e. The zero-order chi connectivity index (χ0) is 13.8. The summed E-state index contributed by atoms with van der Waals surface area (Å²) in [6.45, 7) is 2.97. The van der Waals surface area contributed by atoms with Crippen molar-refractivity contribution in [2.24, 2.45) is 5.92 Å². The molecule has 2 N–H and O–H groups in total. The Kier molecular flexibility index (Phi) is 5.70. The van der Waals surface area contributed by atoms with Crippen LogP contribution in [0.4, 0.5) is 0 Å². The van der Waals surface area contributed by atoms with E-state index >= 15 is 0 Å². The summed E-state index contributed by atoms with van der Waals surface area (Å²) in [7, 11) is 0. The van der Waals surface area contributed by atoms with Crippen molar-refractivity contribution in [2.45, 2.75) is 44.8 Å². The van der Waals surface area contributed by atoms with Crippen LogP contribution in [0.1, 0.15) is 44.2 Å². The number of benzene rings is 1. The third-order valence-corrected chi connectivity index (χ3v) is 4.80. The molecule has 0 aliphatic heterocycles. The molecule has 3 unspecified atom stereocenters. The first-order valence-corrected chi connectivity index (χ1v) is 8.11. The molecule has 0 bridgehead atoms. The Morgan fingerprint density at radius 2 is 2.16 bits per heavy atom. The summed E-state index contributed by atoms with van der Waals surface area (Å²) in [5.74, 6) is 0.380. The quantitative estimate of drug-likeness (QED) is 0.851. The molecule has 0 amide bonds. The Morgan fingerprint density at radius 1 is 1.42 bits per heavy atom. The summed E-state index contributed by atoms with van der Waals surface area (Å²) in [4.78, 5) is 0. The van der Waals surface area contributed by atoms with Gasteiger partial charge in [0.25, 0.3) is 0 Å². The zero-order valence-electron chi connectivity index (χ0n) is 11.2. The second kappa shape index (κ2) is 7.07. The van der Waals surface area contributed by atoms with Gasteiger partial charge in [-0.15, -0.1) is 0 Å². The van der Waals surface area contributed by atoms with E-state index in [0.717, 1.165) is 40.9 Å². The van der Waals surface area contributed by atoms with Gasteiger partial charge < -0.3 is 10.4 Å². The maximum absolute atomic E-state index is 9.97. The van der Waals surface area contributed by atoms with Crippen LogP contribution in [-0.4, -0.2) is 17.8 Å². The molecule has 4 heteroatoms. The van der Waals surface area contributed by atoms with Crippen LogP contribution in [-0.2, 0) is 0 Å². The van der Waals surface area contributed by atoms with Crippen molar-refractivity contribution in [3.05, 3.63) is 33.3 Å². The predicted molar refractivity (Wildman–Crippen MR) is 83.5 cm³/mol. The van der Waals surface area contributed by atoms with E-state index in [1.54, 1.807) is 0 Å². The number of nitrogens with one attached hydrogen (secondary N) is 1. The van der Waals surface area contributed by atoms with E-state index in [1.165, 1.54) is 6.42 Å². The van der Waals surface area contributed by atoms with Gasteiger partial charge in [-0.1, -0.05) is 46.4 Å². The van der Waals surface area contributed by atoms with Gasteiger partial charge in [0.05, 0.1) is 6.10 Å². The highest BCUT2D eigenvalue weighted by Crippen LogP contribution is 2.28. The summed E-state index contributed by atoms with van der Waals surface area (Å²) in [6, 6.07) is 6.18. The lowest BCUT2D eigenvalue weighted by molar-refractivity contribution is 0.0684. The SMILES string of the molecule is CC(NCC1CCCCC1O)c1ccc(Br)cc1Cl. The Labute approximate surface area is 128 Å². The minimum absolute atomic E-state index is 0.145. The first-order chi connectivity index (χ1) is 9.08. The van der Waals surface area contributed by atoms with Gasteiger partial charge in [0, 0.05) is 22.1 Å². The highest BCUT2D eigenvalue weighted by Gasteiger charge is 2.23. The minimum atomic E-state index is -0.145. The number of halogens is 2. The molecule has 2 nitrogen and oxygen atoms in total. The second-order valence-electron chi connectivity index (χ2n) is 5.41. The predicted octanol–water partition coefficient (Wildman–Crippen LogP) is 4.30. The number of hydrogen-bond acceptors (Lipinski definition) is 2. The number of aliphatic hydroxyl groups is 1. The van der Waals surface area contributed by atoms with Crippen LogP contribution in [0.15, 0.2) is 22.7 Å². The highest BCUT2D eigenvalue weighted by molar-refractivity contribution is 9.10. The highest BCUT2D eigenvalue weighted by atomic mass is 79.9. The van der Waals surface area contributed by atoms with Crippen LogP contribution >= 0.6 is 27.5 Å². The normalized spacial score (nSPS) is 25.3. The van der Waals surface area contributed by atoms with Gasteiger partial charge in [0.15, 0.2) is 0 Å². The van der Waals surface area contributed by atoms with Crippen LogP contribution in [0.25, 0.3) is 0 Å². The van der Waals surface area contributed by atoms with Crippen molar-refractivity contribution < 1.29 is 5.11 Å². The smallest absolute Gasteiger partial charge is 0.0580 e. The standard InChI is InChI=1S/C15H21BrClNO/c1-10(13-7-6-12(16)8-14(13)17)18-9-11-4-2-3-5-15(11)19/h6-8,10-11,15,18-19H,2-5,9H2,1H3. The molecule has 1 fully saturated rings. The molecule has 1 saturated carbocycles. The van der Waals surface area contributed by atoms with Crippen molar-refractivity contribution in [3.63, 3.8) is 0 Å². The number of aliphatic hydroxyl groups excluding tert-OH is 1. The van der Waals surface area contributed by atoms with Crippen LogP contribution in [0.5, 0.6) is 0 Å². The van der Waals surface area contributed by atoms with Gasteiger partial charge in [0.2, 0.25) is 0 Å². The summed E-state index contributed by atoms with van der Waals surface area (Å²) in [6.07, 6.45) is 4.31. The molecule has 1 aliphatic carbocycles. The molecule has 0 aromatic heterocycles. The van der Waals surface area contributed by atoms with E-state index in [-0.39, 0.29) is 12.1 Å². The molecule has 0 radical (unpaired) electrons. The molecule has 3 atom stereocenters. The molecular formula is C15H21BrClNO. The maximum atomic E-state index is 9.97. The lowest BCUT2D eigenvalue weighted by Gasteiger charge is -2.29. The lowest BCUT2D eigenvalue weighted by atomic mass is 9.86. The average molecular weight is 347 g/mol. The fourth-order valence-electron chi connectivity index (χ4n) is 2.72. The molecule has 1 aliphatic rings. The first-order valence-electron chi connectivity index (χ1n) is 6.94. The third-order valence-electron chi connectivity index (χ3n) is 3.98. The van der Waals surface area contributed by atoms with E-state index < -0.39 is 0 Å². The summed E-state index contributed by atoms with van der Waals surface area (Å²) < 4.78 is 0.996. The van der Waals surface area contributed by atoms with Crippen molar-refractivity contribution in [1.29, 1.82) is 0 Å². The first kappa shape index (κ1) is 15.3. The van der Waals surface area contributed by atoms with Crippen molar-refractivity contribution >= 4 is 27.5 Å². The van der Waals surface area contributed by atoms with E-state index in [1.807, 2.05) is 18.2 Å². The van der Waals surface area contributed by atoms with E-state index in [9.17, 15) is 5.11 Å². The van der Waals surface area contributed by atoms with Crippen molar-refractivity contribution in [2.75, 3.05) is 6.54 Å². The van der Waals surface area contributed by atoms with Crippen molar-refractivity contribution in [1.82, 2.24) is 5.32 Å². The Hall–Kier alpha value is -0.0900.